The number of hydrogen-bond acceptors (Lipinski definition) is 5. The van der Waals surface area contributed by atoms with E-state index in [0.29, 0.717) is 46.7 Å². The van der Waals surface area contributed by atoms with Gasteiger partial charge in [0.1, 0.15) is 6.61 Å². The van der Waals surface area contributed by atoms with Gasteiger partial charge in [0.25, 0.3) is 11.1 Å². The molecule has 2 amide bonds. The van der Waals surface area contributed by atoms with Crippen LogP contribution in [0.3, 0.4) is 0 Å². The largest absolute Gasteiger partial charge is 0.490 e. The molecule has 0 spiro atoms. The third-order valence-electron chi connectivity index (χ3n) is 5.29. The van der Waals surface area contributed by atoms with E-state index in [2.05, 4.69) is 29.2 Å². The van der Waals surface area contributed by atoms with Gasteiger partial charge in [-0.25, -0.2) is 4.90 Å². The van der Waals surface area contributed by atoms with Crippen LogP contribution in [0.2, 0.25) is 5.02 Å². The van der Waals surface area contributed by atoms with E-state index in [-0.39, 0.29) is 11.1 Å². The van der Waals surface area contributed by atoms with E-state index in [4.69, 9.17) is 21.1 Å². The molecule has 3 aromatic rings. The summed E-state index contributed by atoms with van der Waals surface area (Å²) < 4.78 is 13.3. The number of carbonyl (C=O) groups excluding carboxylic acids is 2. The molecule has 0 N–H and O–H groups in total. The van der Waals surface area contributed by atoms with E-state index in [0.717, 1.165) is 36.9 Å². The molecule has 5 nitrogen and oxygen atoms in total. The SMILES string of the molecule is C=CCc1cc(/C=C2/SC(=O)N(c3ccc(Cl)cc3)C2=O)cc(OCC)c1OCc1ccc(I)cc1. The third kappa shape index (κ3) is 6.14. The molecule has 0 bridgehead atoms. The van der Waals surface area contributed by atoms with Crippen molar-refractivity contribution < 1.29 is 19.1 Å². The molecule has 0 radical (unpaired) electrons. The molecule has 1 saturated heterocycles. The van der Waals surface area contributed by atoms with E-state index in [1.54, 1.807) is 36.4 Å². The summed E-state index contributed by atoms with van der Waals surface area (Å²) in [5.74, 6) is 0.835. The highest BCUT2D eigenvalue weighted by Crippen LogP contribution is 2.39. The second-order valence-electron chi connectivity index (χ2n) is 7.84. The van der Waals surface area contributed by atoms with Crippen LogP contribution in [0.1, 0.15) is 23.6 Å². The summed E-state index contributed by atoms with van der Waals surface area (Å²) in [6.45, 7) is 6.61. The fraction of sp³-hybridized carbons (Fsp3) is 0.143. The molecule has 8 heteroatoms. The molecule has 0 saturated carbocycles. The first-order valence-electron chi connectivity index (χ1n) is 11.2. The van der Waals surface area contributed by atoms with Crippen molar-refractivity contribution in [3.63, 3.8) is 0 Å². The van der Waals surface area contributed by atoms with Crippen LogP contribution in [0.4, 0.5) is 10.5 Å². The molecule has 0 aromatic heterocycles. The van der Waals surface area contributed by atoms with Crippen molar-refractivity contribution in [2.75, 3.05) is 11.5 Å². The van der Waals surface area contributed by atoms with Crippen LogP contribution in [-0.2, 0) is 17.8 Å². The van der Waals surface area contributed by atoms with Gasteiger partial charge in [0.15, 0.2) is 11.5 Å². The minimum Gasteiger partial charge on any atom is -0.490 e. The van der Waals surface area contributed by atoms with Crippen LogP contribution in [0.15, 0.2) is 78.2 Å². The van der Waals surface area contributed by atoms with Gasteiger partial charge in [-0.3, -0.25) is 9.59 Å². The number of carbonyl (C=O) groups is 2. The monoisotopic (exact) mass is 631 g/mol. The number of ether oxygens (including phenoxy) is 2. The van der Waals surface area contributed by atoms with Gasteiger partial charge in [0, 0.05) is 14.2 Å². The lowest BCUT2D eigenvalue weighted by Crippen LogP contribution is -2.27. The standard InChI is InChI=1S/C28H23ClINO4S/c1-3-5-20-14-19(15-24(34-4-2)26(20)35-17-18-6-10-22(30)11-7-18)16-25-27(32)31(28(33)36-25)23-12-8-21(29)9-13-23/h3,6-16H,1,4-5,17H2,2H3/b25-16+. The zero-order chi connectivity index (χ0) is 25.7. The van der Waals surface area contributed by atoms with E-state index >= 15 is 0 Å². The van der Waals surface area contributed by atoms with E-state index in [9.17, 15) is 9.59 Å². The molecule has 4 rings (SSSR count). The van der Waals surface area contributed by atoms with Crippen molar-refractivity contribution in [3.8, 4) is 11.5 Å². The van der Waals surface area contributed by atoms with Crippen molar-refractivity contribution in [2.45, 2.75) is 20.0 Å². The summed E-state index contributed by atoms with van der Waals surface area (Å²) >= 11 is 9.12. The van der Waals surface area contributed by atoms with Crippen LogP contribution >= 0.6 is 46.0 Å². The first-order valence-corrected chi connectivity index (χ1v) is 13.5. The molecule has 0 aliphatic carbocycles. The Hall–Kier alpha value is -2.75. The predicted octanol–water partition coefficient (Wildman–Crippen LogP) is 7.89. The van der Waals surface area contributed by atoms with Gasteiger partial charge in [-0.1, -0.05) is 29.8 Å². The van der Waals surface area contributed by atoms with Gasteiger partial charge in [0.05, 0.1) is 17.2 Å². The summed E-state index contributed by atoms with van der Waals surface area (Å²) in [4.78, 5) is 27.2. The fourth-order valence-corrected chi connectivity index (χ4v) is 5.00. The fourth-order valence-electron chi connectivity index (χ4n) is 3.67. The number of thioether (sulfide) groups is 1. The van der Waals surface area contributed by atoms with Crippen molar-refractivity contribution >= 4 is 68.9 Å². The lowest BCUT2D eigenvalue weighted by Gasteiger charge is -2.17. The molecular formula is C28H23ClINO4S. The Morgan fingerprint density at radius 2 is 1.78 bits per heavy atom. The Kier molecular flexibility index (Phi) is 8.77. The lowest BCUT2D eigenvalue weighted by molar-refractivity contribution is -0.113. The molecule has 0 unspecified atom stereocenters. The maximum absolute atomic E-state index is 13.1. The van der Waals surface area contributed by atoms with Gasteiger partial charge in [-0.2, -0.15) is 0 Å². The lowest BCUT2D eigenvalue weighted by atomic mass is 10.0. The minimum atomic E-state index is -0.380. The summed E-state index contributed by atoms with van der Waals surface area (Å²) in [5.41, 5.74) is 3.14. The summed E-state index contributed by atoms with van der Waals surface area (Å²) in [5, 5.41) is 0.172. The maximum atomic E-state index is 13.1. The molecule has 1 aliphatic heterocycles. The van der Waals surface area contributed by atoms with E-state index < -0.39 is 0 Å². The first kappa shape index (κ1) is 26.3. The molecule has 1 aliphatic rings. The van der Waals surface area contributed by atoms with Crippen molar-refractivity contribution in [1.29, 1.82) is 0 Å². The van der Waals surface area contributed by atoms with Crippen LogP contribution in [0.25, 0.3) is 6.08 Å². The number of halogens is 2. The Morgan fingerprint density at radius 3 is 2.44 bits per heavy atom. The molecule has 1 heterocycles. The zero-order valence-electron chi connectivity index (χ0n) is 19.5. The van der Waals surface area contributed by atoms with E-state index in [1.165, 1.54) is 0 Å². The normalized spacial score (nSPS) is 14.4. The van der Waals surface area contributed by atoms with Gasteiger partial charge >= 0.3 is 0 Å². The topological polar surface area (TPSA) is 55.8 Å². The van der Waals surface area contributed by atoms with Crippen molar-refractivity contribution in [2.24, 2.45) is 0 Å². The molecule has 36 heavy (non-hydrogen) atoms. The number of rotatable bonds is 9. The molecule has 0 atom stereocenters. The second-order valence-corrected chi connectivity index (χ2v) is 10.5. The predicted molar refractivity (Wildman–Crippen MR) is 155 cm³/mol. The zero-order valence-corrected chi connectivity index (χ0v) is 23.2. The number of nitrogens with zero attached hydrogens (tertiary/aromatic N) is 1. The van der Waals surface area contributed by atoms with Crippen LogP contribution in [0, 0.1) is 3.57 Å². The molecule has 184 valence electrons. The maximum Gasteiger partial charge on any atom is 0.298 e. The van der Waals surface area contributed by atoms with Gasteiger partial charge in [0.2, 0.25) is 0 Å². The number of benzene rings is 3. The first-order chi connectivity index (χ1) is 17.4. The number of allylic oxidation sites excluding steroid dienone is 1. The Balaban J connectivity index is 1.65. The molecular weight excluding hydrogens is 609 g/mol. The van der Waals surface area contributed by atoms with Gasteiger partial charge in [-0.05, 0) is 113 Å². The quantitative estimate of drug-likeness (QED) is 0.137. The van der Waals surface area contributed by atoms with E-state index in [1.807, 2.05) is 43.3 Å². The molecule has 3 aromatic carbocycles. The Labute approximate surface area is 233 Å². The van der Waals surface area contributed by atoms with Gasteiger partial charge in [-0.15, -0.1) is 6.58 Å². The summed E-state index contributed by atoms with van der Waals surface area (Å²) in [6.07, 6.45) is 4.05. The Morgan fingerprint density at radius 1 is 1.06 bits per heavy atom. The average molecular weight is 632 g/mol. The Bertz CT molecular complexity index is 1320. The molecule has 1 fully saturated rings. The highest BCUT2D eigenvalue weighted by Gasteiger charge is 2.36. The number of hydrogen-bond donors (Lipinski definition) is 0. The highest BCUT2D eigenvalue weighted by atomic mass is 127. The smallest absolute Gasteiger partial charge is 0.298 e. The van der Waals surface area contributed by atoms with Crippen LogP contribution in [-0.4, -0.2) is 17.8 Å². The third-order valence-corrected chi connectivity index (χ3v) is 7.13. The number of anilines is 1. The van der Waals surface area contributed by atoms with Crippen molar-refractivity contribution in [3.05, 3.63) is 104 Å². The van der Waals surface area contributed by atoms with Crippen LogP contribution in [0.5, 0.6) is 11.5 Å². The minimum absolute atomic E-state index is 0.328. The second kappa shape index (κ2) is 12.0. The highest BCUT2D eigenvalue weighted by molar-refractivity contribution is 14.1. The summed E-state index contributed by atoms with van der Waals surface area (Å²) in [6, 6.07) is 18.5. The van der Waals surface area contributed by atoms with Gasteiger partial charge < -0.3 is 9.47 Å². The summed E-state index contributed by atoms with van der Waals surface area (Å²) in [7, 11) is 0. The average Bonchev–Trinajstić information content (AvgIpc) is 3.13. The number of amides is 2. The van der Waals surface area contributed by atoms with Crippen molar-refractivity contribution in [1.82, 2.24) is 0 Å². The van der Waals surface area contributed by atoms with Crippen LogP contribution < -0.4 is 14.4 Å². The number of imide groups is 1.